The molecule has 12 nitrogen and oxygen atoms in total. The van der Waals surface area contributed by atoms with E-state index in [0.717, 1.165) is 11.3 Å². The van der Waals surface area contributed by atoms with E-state index in [4.69, 9.17) is 4.74 Å². The molecular weight excluding hydrogens is 452 g/mol. The van der Waals surface area contributed by atoms with Gasteiger partial charge in [0.25, 0.3) is 5.91 Å². The number of amides is 1. The highest BCUT2D eigenvalue weighted by Crippen LogP contribution is 2.33. The number of carbonyl (C=O) groups excluding carboxylic acids is 1. The Morgan fingerprint density at radius 2 is 2.03 bits per heavy atom. The van der Waals surface area contributed by atoms with Gasteiger partial charge in [0.2, 0.25) is 0 Å². The standard InChI is InChI=1S/C23H24N8O4/c1-12-5-7-26-14(8-12)10-27-20-15-21(30-19(29-20)13-4-3-6-25-9-13)31(11-28-15)23-17(33)16(32)18(35-23)22(34)24-2/h3-9,11,16-18,23,32-33H,10H2,1-2H3,(H,24,34)(H,27,29,30). The van der Waals surface area contributed by atoms with E-state index >= 15 is 0 Å². The Hall–Kier alpha value is -4.00. The van der Waals surface area contributed by atoms with Gasteiger partial charge in [-0.2, -0.15) is 0 Å². The second kappa shape index (κ2) is 9.33. The summed E-state index contributed by atoms with van der Waals surface area (Å²) >= 11 is 0. The molecule has 4 unspecified atom stereocenters. The van der Waals surface area contributed by atoms with Crippen molar-refractivity contribution in [1.82, 2.24) is 34.8 Å². The van der Waals surface area contributed by atoms with E-state index in [1.54, 1.807) is 24.7 Å². The summed E-state index contributed by atoms with van der Waals surface area (Å²) in [5.41, 5.74) is 3.37. The van der Waals surface area contributed by atoms with Crippen molar-refractivity contribution in [2.45, 2.75) is 38.0 Å². The Labute approximate surface area is 200 Å². The quantitative estimate of drug-likeness (QED) is 0.310. The number of imidazole rings is 1. The molecular formula is C23H24N8O4. The maximum atomic E-state index is 12.1. The summed E-state index contributed by atoms with van der Waals surface area (Å²) in [5.74, 6) is 0.289. The fourth-order valence-electron chi connectivity index (χ4n) is 3.97. The highest BCUT2D eigenvalue weighted by Gasteiger charge is 2.47. The first kappa shape index (κ1) is 22.8. The fourth-order valence-corrected chi connectivity index (χ4v) is 3.97. The Morgan fingerprint density at radius 1 is 1.17 bits per heavy atom. The molecule has 12 heteroatoms. The van der Waals surface area contributed by atoms with E-state index in [9.17, 15) is 15.0 Å². The summed E-state index contributed by atoms with van der Waals surface area (Å²) in [6.07, 6.45) is 1.36. The van der Waals surface area contributed by atoms with Gasteiger partial charge in [0.15, 0.2) is 35.1 Å². The molecule has 1 fully saturated rings. The number of rotatable bonds is 6. The van der Waals surface area contributed by atoms with E-state index in [2.05, 4.69) is 35.6 Å². The molecule has 35 heavy (non-hydrogen) atoms. The highest BCUT2D eigenvalue weighted by molar-refractivity contribution is 5.85. The van der Waals surface area contributed by atoms with Gasteiger partial charge in [0.05, 0.1) is 18.6 Å². The van der Waals surface area contributed by atoms with Crippen molar-refractivity contribution in [2.24, 2.45) is 0 Å². The summed E-state index contributed by atoms with van der Waals surface area (Å²) in [6.45, 7) is 2.39. The number of aliphatic hydroxyl groups excluding tert-OH is 2. The lowest BCUT2D eigenvalue weighted by Gasteiger charge is -2.17. The second-order valence-corrected chi connectivity index (χ2v) is 8.18. The fraction of sp³-hybridized carbons (Fsp3) is 0.304. The number of hydrogen-bond donors (Lipinski definition) is 4. The van der Waals surface area contributed by atoms with Gasteiger partial charge in [0, 0.05) is 31.2 Å². The van der Waals surface area contributed by atoms with Gasteiger partial charge in [-0.25, -0.2) is 15.0 Å². The number of aryl methyl sites for hydroxylation is 1. The molecule has 1 saturated heterocycles. The SMILES string of the molecule is CNC(=O)C1OC(n2cnc3c(NCc4cc(C)ccn4)nc(-c4cccnc4)nc32)C(O)C1O. The Morgan fingerprint density at radius 3 is 2.77 bits per heavy atom. The molecule has 1 aliphatic rings. The predicted molar refractivity (Wildman–Crippen MR) is 125 cm³/mol. The van der Waals surface area contributed by atoms with E-state index < -0.39 is 30.4 Å². The van der Waals surface area contributed by atoms with Crippen molar-refractivity contribution in [2.75, 3.05) is 12.4 Å². The van der Waals surface area contributed by atoms with Crippen LogP contribution in [0.15, 0.2) is 49.2 Å². The average molecular weight is 476 g/mol. The number of fused-ring (bicyclic) bond motifs is 1. The molecule has 4 aromatic rings. The Balaban J connectivity index is 1.57. The first-order valence-electron chi connectivity index (χ1n) is 11.0. The van der Waals surface area contributed by atoms with Crippen LogP contribution in [0.5, 0.6) is 0 Å². The van der Waals surface area contributed by atoms with E-state index in [1.165, 1.54) is 17.9 Å². The number of aromatic nitrogens is 6. The minimum Gasteiger partial charge on any atom is -0.387 e. The minimum atomic E-state index is -1.41. The molecule has 4 aromatic heterocycles. The van der Waals surface area contributed by atoms with Crippen LogP contribution in [0.1, 0.15) is 17.5 Å². The Kier molecular flexibility index (Phi) is 6.07. The highest BCUT2D eigenvalue weighted by atomic mass is 16.6. The van der Waals surface area contributed by atoms with Crippen molar-refractivity contribution in [3.05, 3.63) is 60.4 Å². The number of anilines is 1. The van der Waals surface area contributed by atoms with E-state index in [0.29, 0.717) is 34.9 Å². The lowest BCUT2D eigenvalue weighted by Crippen LogP contribution is -2.41. The lowest BCUT2D eigenvalue weighted by atomic mass is 10.1. The summed E-state index contributed by atoms with van der Waals surface area (Å²) in [5, 5.41) is 26.7. The lowest BCUT2D eigenvalue weighted by molar-refractivity contribution is -0.137. The second-order valence-electron chi connectivity index (χ2n) is 8.18. The van der Waals surface area contributed by atoms with Crippen molar-refractivity contribution >= 4 is 22.9 Å². The van der Waals surface area contributed by atoms with Crippen molar-refractivity contribution in [1.29, 1.82) is 0 Å². The molecule has 0 aromatic carbocycles. The van der Waals surface area contributed by atoms with E-state index in [1.807, 2.05) is 25.1 Å². The molecule has 1 aliphatic heterocycles. The molecule has 5 heterocycles. The summed E-state index contributed by atoms with van der Waals surface area (Å²) in [4.78, 5) is 34.4. The zero-order valence-corrected chi connectivity index (χ0v) is 19.0. The number of carbonyl (C=O) groups is 1. The largest absolute Gasteiger partial charge is 0.387 e. The number of likely N-dealkylation sites (N-methyl/N-ethyl adjacent to an activating group) is 1. The van der Waals surface area contributed by atoms with Gasteiger partial charge in [-0.05, 0) is 36.8 Å². The zero-order chi connectivity index (χ0) is 24.5. The van der Waals surface area contributed by atoms with Crippen LogP contribution < -0.4 is 10.6 Å². The topological polar surface area (TPSA) is 160 Å². The van der Waals surface area contributed by atoms with Gasteiger partial charge in [-0.1, -0.05) is 0 Å². The molecule has 0 saturated carbocycles. The molecule has 0 aliphatic carbocycles. The van der Waals surface area contributed by atoms with Crippen LogP contribution in [0.4, 0.5) is 5.82 Å². The van der Waals surface area contributed by atoms with Crippen LogP contribution in [0, 0.1) is 6.92 Å². The Bertz CT molecular complexity index is 1360. The third-order valence-electron chi connectivity index (χ3n) is 5.77. The molecule has 180 valence electrons. The summed E-state index contributed by atoms with van der Waals surface area (Å²) in [6, 6.07) is 7.49. The van der Waals surface area contributed by atoms with Gasteiger partial charge in [0.1, 0.15) is 12.2 Å². The number of ether oxygens (including phenoxy) is 1. The van der Waals surface area contributed by atoms with Crippen molar-refractivity contribution < 1.29 is 19.7 Å². The molecule has 4 atom stereocenters. The van der Waals surface area contributed by atoms with Crippen LogP contribution in [0.3, 0.4) is 0 Å². The first-order chi connectivity index (χ1) is 17.0. The molecule has 0 bridgehead atoms. The first-order valence-corrected chi connectivity index (χ1v) is 11.0. The number of pyridine rings is 2. The van der Waals surface area contributed by atoms with Gasteiger partial charge in [-0.3, -0.25) is 19.3 Å². The summed E-state index contributed by atoms with van der Waals surface area (Å²) < 4.78 is 7.22. The third kappa shape index (κ3) is 4.30. The normalized spacial score (nSPS) is 21.8. The maximum absolute atomic E-state index is 12.1. The van der Waals surface area contributed by atoms with Crippen LogP contribution >= 0.6 is 0 Å². The van der Waals surface area contributed by atoms with Crippen LogP contribution in [0.25, 0.3) is 22.6 Å². The monoisotopic (exact) mass is 476 g/mol. The third-order valence-corrected chi connectivity index (χ3v) is 5.77. The number of hydrogen-bond acceptors (Lipinski definition) is 10. The van der Waals surface area contributed by atoms with Crippen LogP contribution in [0.2, 0.25) is 0 Å². The van der Waals surface area contributed by atoms with Crippen molar-refractivity contribution in [3.8, 4) is 11.4 Å². The molecule has 0 radical (unpaired) electrons. The van der Waals surface area contributed by atoms with E-state index in [-0.39, 0.29) is 0 Å². The van der Waals surface area contributed by atoms with Gasteiger partial charge < -0.3 is 25.6 Å². The maximum Gasteiger partial charge on any atom is 0.251 e. The van der Waals surface area contributed by atoms with Crippen LogP contribution in [-0.2, 0) is 16.1 Å². The zero-order valence-electron chi connectivity index (χ0n) is 19.0. The molecule has 0 spiro atoms. The van der Waals surface area contributed by atoms with Gasteiger partial charge >= 0.3 is 0 Å². The molecule has 1 amide bonds. The summed E-state index contributed by atoms with van der Waals surface area (Å²) in [7, 11) is 1.43. The smallest absolute Gasteiger partial charge is 0.251 e. The average Bonchev–Trinajstić information content (AvgIpc) is 3.43. The van der Waals surface area contributed by atoms with Gasteiger partial charge in [-0.15, -0.1) is 0 Å². The number of nitrogens with zero attached hydrogens (tertiary/aromatic N) is 6. The molecule has 4 N–H and O–H groups in total. The minimum absolute atomic E-state index is 0.354. The molecule has 5 rings (SSSR count). The van der Waals surface area contributed by atoms with Crippen molar-refractivity contribution in [3.63, 3.8) is 0 Å². The number of aliphatic hydroxyl groups is 2. The number of nitrogens with one attached hydrogen (secondary N) is 2. The van der Waals surface area contributed by atoms with Crippen LogP contribution in [-0.4, -0.2) is 71.0 Å². The predicted octanol–water partition coefficient (Wildman–Crippen LogP) is 0.569.